The molecule has 2 aliphatic carbocycles. The molecule has 98 valence electrons. The Bertz CT molecular complexity index is 521. The van der Waals surface area contributed by atoms with Crippen molar-refractivity contribution >= 4 is 17.8 Å². The van der Waals surface area contributed by atoms with Crippen LogP contribution in [0.5, 0.6) is 0 Å². The van der Waals surface area contributed by atoms with Gasteiger partial charge in [0.2, 0.25) is 0 Å². The minimum Gasteiger partial charge on any atom is -0.330 e. The van der Waals surface area contributed by atoms with Gasteiger partial charge in [-0.25, -0.2) is 4.79 Å². The fourth-order valence-corrected chi connectivity index (χ4v) is 3.18. The van der Waals surface area contributed by atoms with E-state index in [2.05, 4.69) is 10.0 Å². The number of carbonyl (C=O) groups is 3. The van der Waals surface area contributed by atoms with Crippen LogP contribution < -0.4 is 0 Å². The standard InChI is InChI=1S/C11H10N4O4/c12-14-13-4-7(16)19-15-10(17)8-5-1-2-6(3-5)9(8)11(15)18/h1-2,5-6,8-9H,3-4H2. The molecule has 4 unspecified atom stereocenters. The van der Waals surface area contributed by atoms with E-state index in [9.17, 15) is 14.4 Å². The van der Waals surface area contributed by atoms with E-state index in [1.807, 2.05) is 12.2 Å². The summed E-state index contributed by atoms with van der Waals surface area (Å²) in [6, 6.07) is 0. The third-order valence-electron chi connectivity index (χ3n) is 3.89. The predicted molar refractivity (Wildman–Crippen MR) is 59.7 cm³/mol. The van der Waals surface area contributed by atoms with E-state index >= 15 is 0 Å². The van der Waals surface area contributed by atoms with Gasteiger partial charge >= 0.3 is 5.97 Å². The lowest BCUT2D eigenvalue weighted by Gasteiger charge is -2.15. The first kappa shape index (κ1) is 11.7. The smallest absolute Gasteiger partial charge is 0.330 e. The maximum absolute atomic E-state index is 12.1. The fourth-order valence-electron chi connectivity index (χ4n) is 3.18. The van der Waals surface area contributed by atoms with Gasteiger partial charge in [0.15, 0.2) is 0 Å². The van der Waals surface area contributed by atoms with Crippen LogP contribution in [-0.2, 0) is 19.2 Å². The summed E-state index contributed by atoms with van der Waals surface area (Å²) in [6.07, 6.45) is 4.71. The van der Waals surface area contributed by atoms with Crippen molar-refractivity contribution in [3.8, 4) is 0 Å². The van der Waals surface area contributed by atoms with Crippen LogP contribution in [0.15, 0.2) is 17.3 Å². The van der Waals surface area contributed by atoms with Crippen LogP contribution in [0.1, 0.15) is 6.42 Å². The van der Waals surface area contributed by atoms with E-state index in [0.29, 0.717) is 5.06 Å². The zero-order valence-corrected chi connectivity index (χ0v) is 9.80. The largest absolute Gasteiger partial charge is 0.339 e. The minimum atomic E-state index is -0.917. The first-order valence-corrected chi connectivity index (χ1v) is 5.91. The molecule has 2 amide bonds. The Morgan fingerprint density at radius 3 is 2.47 bits per heavy atom. The second-order valence-corrected chi connectivity index (χ2v) is 4.82. The number of azide groups is 1. The van der Waals surface area contributed by atoms with Gasteiger partial charge in [-0.05, 0) is 23.8 Å². The van der Waals surface area contributed by atoms with E-state index in [-0.39, 0.29) is 11.8 Å². The molecule has 4 atom stereocenters. The Hall–Kier alpha value is -2.34. The Balaban J connectivity index is 1.75. The van der Waals surface area contributed by atoms with Gasteiger partial charge in [-0.2, -0.15) is 0 Å². The fraction of sp³-hybridized carbons (Fsp3) is 0.545. The molecule has 3 aliphatic rings. The molecule has 8 nitrogen and oxygen atoms in total. The number of nitrogens with zero attached hydrogens (tertiary/aromatic N) is 4. The van der Waals surface area contributed by atoms with Crippen LogP contribution in [0.2, 0.25) is 0 Å². The monoisotopic (exact) mass is 262 g/mol. The van der Waals surface area contributed by atoms with E-state index < -0.39 is 36.2 Å². The average Bonchev–Trinajstić information content (AvgIpc) is 3.06. The third kappa shape index (κ3) is 1.61. The summed E-state index contributed by atoms with van der Waals surface area (Å²) in [6.45, 7) is -0.548. The lowest BCUT2D eigenvalue weighted by Crippen LogP contribution is -2.35. The van der Waals surface area contributed by atoms with Crippen molar-refractivity contribution in [3.63, 3.8) is 0 Å². The molecule has 0 aromatic heterocycles. The number of hydrogen-bond donors (Lipinski definition) is 0. The molecule has 19 heavy (non-hydrogen) atoms. The number of hydroxylamine groups is 2. The Morgan fingerprint density at radius 1 is 1.37 bits per heavy atom. The van der Waals surface area contributed by atoms with Crippen LogP contribution in [0.4, 0.5) is 0 Å². The van der Waals surface area contributed by atoms with E-state index in [1.165, 1.54) is 0 Å². The first-order valence-electron chi connectivity index (χ1n) is 5.91. The molecule has 1 saturated carbocycles. The highest BCUT2D eigenvalue weighted by molar-refractivity contribution is 6.06. The number of imide groups is 1. The zero-order chi connectivity index (χ0) is 13.6. The molecule has 2 fully saturated rings. The SMILES string of the molecule is [N-]=[N+]=NCC(=O)ON1C(=O)C2C3C=CC(C3)C2C1=O. The Kier molecular flexibility index (Phi) is 2.53. The zero-order valence-electron chi connectivity index (χ0n) is 9.80. The molecule has 0 N–H and O–H groups in total. The van der Waals surface area contributed by atoms with Gasteiger partial charge in [-0.15, -0.1) is 5.06 Å². The number of rotatable bonds is 3. The summed E-state index contributed by atoms with van der Waals surface area (Å²) in [7, 11) is 0. The first-order chi connectivity index (χ1) is 9.13. The van der Waals surface area contributed by atoms with Crippen molar-refractivity contribution in [1.29, 1.82) is 0 Å². The van der Waals surface area contributed by atoms with Crippen molar-refractivity contribution in [3.05, 3.63) is 22.6 Å². The minimum absolute atomic E-state index is 0.0623. The quantitative estimate of drug-likeness (QED) is 0.243. The van der Waals surface area contributed by atoms with Gasteiger partial charge in [-0.3, -0.25) is 9.59 Å². The van der Waals surface area contributed by atoms with Gasteiger partial charge in [0.25, 0.3) is 11.8 Å². The van der Waals surface area contributed by atoms with Gasteiger partial charge in [-0.1, -0.05) is 17.3 Å². The van der Waals surface area contributed by atoms with Crippen LogP contribution >= 0.6 is 0 Å². The number of hydrogen-bond acceptors (Lipinski definition) is 5. The van der Waals surface area contributed by atoms with Crippen molar-refractivity contribution in [2.75, 3.05) is 6.54 Å². The Labute approximate surface area is 107 Å². The highest BCUT2D eigenvalue weighted by atomic mass is 16.7. The van der Waals surface area contributed by atoms with Crippen LogP contribution in [0.3, 0.4) is 0 Å². The van der Waals surface area contributed by atoms with Crippen molar-refractivity contribution < 1.29 is 19.2 Å². The van der Waals surface area contributed by atoms with Gasteiger partial charge < -0.3 is 4.84 Å². The molecule has 8 heteroatoms. The number of amides is 2. The topological polar surface area (TPSA) is 112 Å². The predicted octanol–water partition coefficient (Wildman–Crippen LogP) is 0.562. The van der Waals surface area contributed by atoms with Crippen LogP contribution in [-0.4, -0.2) is 29.4 Å². The van der Waals surface area contributed by atoms with Crippen LogP contribution in [0.25, 0.3) is 10.4 Å². The summed E-state index contributed by atoms with van der Waals surface area (Å²) in [4.78, 5) is 42.6. The molecule has 1 aliphatic heterocycles. The summed E-state index contributed by atoms with van der Waals surface area (Å²) in [5, 5.41) is 3.56. The molecule has 1 saturated heterocycles. The number of allylic oxidation sites excluding steroid dienone is 2. The summed E-state index contributed by atoms with van der Waals surface area (Å²) >= 11 is 0. The Morgan fingerprint density at radius 2 is 1.95 bits per heavy atom. The second kappa shape index (κ2) is 4.10. The van der Waals surface area contributed by atoms with E-state index in [4.69, 9.17) is 10.4 Å². The van der Waals surface area contributed by atoms with E-state index in [1.54, 1.807) is 0 Å². The van der Waals surface area contributed by atoms with Crippen LogP contribution in [0, 0.1) is 23.7 Å². The molecule has 2 bridgehead atoms. The molecule has 0 aromatic rings. The lowest BCUT2D eigenvalue weighted by molar-refractivity contribution is -0.198. The molecular formula is C11H10N4O4. The maximum atomic E-state index is 12.1. The molecule has 0 radical (unpaired) electrons. The molecule has 0 spiro atoms. The average molecular weight is 262 g/mol. The lowest BCUT2D eigenvalue weighted by atomic mass is 9.85. The van der Waals surface area contributed by atoms with Gasteiger partial charge in [0, 0.05) is 4.91 Å². The molecular weight excluding hydrogens is 252 g/mol. The summed E-state index contributed by atoms with van der Waals surface area (Å²) in [5.74, 6) is -2.55. The highest BCUT2D eigenvalue weighted by Gasteiger charge is 2.60. The van der Waals surface area contributed by atoms with Crippen molar-refractivity contribution in [1.82, 2.24) is 5.06 Å². The van der Waals surface area contributed by atoms with Crippen molar-refractivity contribution in [2.45, 2.75) is 6.42 Å². The third-order valence-corrected chi connectivity index (χ3v) is 3.89. The maximum Gasteiger partial charge on any atom is 0.339 e. The van der Waals surface area contributed by atoms with Gasteiger partial charge in [0.05, 0.1) is 11.8 Å². The molecule has 1 heterocycles. The summed E-state index contributed by atoms with van der Waals surface area (Å²) < 4.78 is 0. The summed E-state index contributed by atoms with van der Waals surface area (Å²) in [5.41, 5.74) is 8.08. The number of fused-ring (bicyclic) bond motifs is 5. The second-order valence-electron chi connectivity index (χ2n) is 4.82. The van der Waals surface area contributed by atoms with Crippen molar-refractivity contribution in [2.24, 2.45) is 28.8 Å². The molecule has 3 rings (SSSR count). The molecule has 0 aromatic carbocycles. The number of carbonyl (C=O) groups excluding carboxylic acids is 3. The highest BCUT2D eigenvalue weighted by Crippen LogP contribution is 2.52. The van der Waals surface area contributed by atoms with E-state index in [0.717, 1.165) is 6.42 Å². The normalized spacial score (nSPS) is 34.4. The van der Waals surface area contributed by atoms with Gasteiger partial charge in [0.1, 0.15) is 6.54 Å².